The van der Waals surface area contributed by atoms with Crippen molar-refractivity contribution in [1.29, 1.82) is 0 Å². The fourth-order valence-electron chi connectivity index (χ4n) is 4.78. The van der Waals surface area contributed by atoms with Gasteiger partial charge in [0.25, 0.3) is 0 Å². The van der Waals surface area contributed by atoms with Crippen LogP contribution < -0.4 is 5.32 Å². The van der Waals surface area contributed by atoms with Gasteiger partial charge in [-0.05, 0) is 40.8 Å². The topological polar surface area (TPSA) is 109 Å². The predicted octanol–water partition coefficient (Wildman–Crippen LogP) is 3.26. The van der Waals surface area contributed by atoms with E-state index >= 15 is 0 Å². The minimum atomic E-state index is -0.298. The number of fused-ring (bicyclic) bond motifs is 1. The van der Waals surface area contributed by atoms with Crippen LogP contribution in [0.15, 0.2) is 18.5 Å². The smallest absolute Gasteiger partial charge is 0.410 e. The Balaban J connectivity index is 1.30. The van der Waals surface area contributed by atoms with Gasteiger partial charge in [0, 0.05) is 56.7 Å². The first-order valence-corrected chi connectivity index (χ1v) is 13.7. The van der Waals surface area contributed by atoms with Crippen molar-refractivity contribution >= 4 is 29.0 Å². The molecule has 4 rings (SSSR count). The van der Waals surface area contributed by atoms with E-state index in [1.54, 1.807) is 15.9 Å². The summed E-state index contributed by atoms with van der Waals surface area (Å²) < 4.78 is 7.83. The number of ether oxygens (including phenoxy) is 1. The SMILES string of the molecule is CC(C)c1nc(NC2CCN(C(=O)O[C@H]3CCN(C(=O)/C=C/CN(C)C)C3)CC2)c2ncn(C(C)C)c2n1. The molecule has 0 aromatic carbocycles. The minimum absolute atomic E-state index is 0.0324. The van der Waals surface area contributed by atoms with Crippen molar-refractivity contribution in [2.24, 2.45) is 0 Å². The highest BCUT2D eigenvalue weighted by Gasteiger charge is 2.31. The maximum Gasteiger partial charge on any atom is 0.410 e. The molecule has 2 aromatic heterocycles. The van der Waals surface area contributed by atoms with E-state index in [4.69, 9.17) is 14.7 Å². The van der Waals surface area contributed by atoms with Crippen LogP contribution in [0.25, 0.3) is 11.2 Å². The highest BCUT2D eigenvalue weighted by atomic mass is 16.6. The summed E-state index contributed by atoms with van der Waals surface area (Å²) in [6, 6.07) is 0.427. The number of nitrogens with one attached hydrogen (secondary N) is 1. The Morgan fingerprint density at radius 3 is 2.47 bits per heavy atom. The molecule has 1 N–H and O–H groups in total. The molecule has 1 atom stereocenters. The lowest BCUT2D eigenvalue weighted by Crippen LogP contribution is -2.44. The zero-order valence-corrected chi connectivity index (χ0v) is 23.6. The number of amides is 2. The average Bonchev–Trinajstić information content (AvgIpc) is 3.51. The lowest BCUT2D eigenvalue weighted by molar-refractivity contribution is -0.125. The number of likely N-dealkylation sites (N-methyl/N-ethyl adjacent to an activating group) is 1. The van der Waals surface area contributed by atoms with Crippen LogP contribution in [-0.2, 0) is 9.53 Å². The summed E-state index contributed by atoms with van der Waals surface area (Å²) in [4.78, 5) is 44.9. The number of piperidine rings is 1. The molecule has 0 spiro atoms. The standard InChI is InChI=1S/C27H42N8O3/c1-18(2)24-30-25(23-26(31-24)35(17-28-23)19(3)4)29-20-9-13-33(14-10-20)27(37)38-21-11-15-34(16-21)22(36)8-7-12-32(5)6/h7-8,17-21H,9-16H2,1-6H3,(H,29,30,31)/b8-7+/t21-/m0/s1. The molecule has 2 aliphatic heterocycles. The highest BCUT2D eigenvalue weighted by Crippen LogP contribution is 2.26. The molecule has 2 saturated heterocycles. The number of hydrogen-bond donors (Lipinski definition) is 1. The van der Waals surface area contributed by atoms with Crippen LogP contribution in [0.5, 0.6) is 0 Å². The normalized spacial score (nSPS) is 19.0. The maximum atomic E-state index is 12.8. The molecule has 2 amide bonds. The van der Waals surface area contributed by atoms with Crippen molar-refractivity contribution in [3.63, 3.8) is 0 Å². The summed E-state index contributed by atoms with van der Waals surface area (Å²) in [6.07, 6.45) is 6.97. The molecule has 2 aliphatic rings. The first kappa shape index (κ1) is 27.8. The molecule has 11 nitrogen and oxygen atoms in total. The summed E-state index contributed by atoms with van der Waals surface area (Å²) in [5, 5.41) is 3.59. The van der Waals surface area contributed by atoms with Gasteiger partial charge < -0.3 is 29.3 Å². The summed E-state index contributed by atoms with van der Waals surface area (Å²) >= 11 is 0. The van der Waals surface area contributed by atoms with E-state index in [9.17, 15) is 9.59 Å². The Morgan fingerprint density at radius 1 is 1.11 bits per heavy atom. The van der Waals surface area contributed by atoms with E-state index in [1.165, 1.54) is 0 Å². The van der Waals surface area contributed by atoms with Crippen LogP contribution in [0.4, 0.5) is 10.6 Å². The summed E-state index contributed by atoms with van der Waals surface area (Å²) in [6.45, 7) is 11.4. The fourth-order valence-corrected chi connectivity index (χ4v) is 4.78. The molecule has 2 aromatic rings. The Kier molecular flexibility index (Phi) is 8.86. The number of likely N-dealkylation sites (tertiary alicyclic amines) is 2. The Bertz CT molecular complexity index is 1150. The second kappa shape index (κ2) is 12.1. The van der Waals surface area contributed by atoms with E-state index in [0.29, 0.717) is 39.1 Å². The van der Waals surface area contributed by atoms with Crippen LogP contribution in [0.1, 0.15) is 64.7 Å². The third-order valence-corrected chi connectivity index (χ3v) is 7.06. The molecular weight excluding hydrogens is 484 g/mol. The third kappa shape index (κ3) is 6.61. The van der Waals surface area contributed by atoms with Crippen LogP contribution in [0.2, 0.25) is 0 Å². The van der Waals surface area contributed by atoms with Crippen molar-refractivity contribution in [2.75, 3.05) is 52.1 Å². The van der Waals surface area contributed by atoms with Crippen molar-refractivity contribution in [3.8, 4) is 0 Å². The number of imidazole rings is 1. The molecule has 2 fully saturated rings. The zero-order chi connectivity index (χ0) is 27.4. The van der Waals surface area contributed by atoms with Crippen molar-refractivity contribution in [3.05, 3.63) is 24.3 Å². The van der Waals surface area contributed by atoms with Crippen molar-refractivity contribution < 1.29 is 14.3 Å². The third-order valence-electron chi connectivity index (χ3n) is 7.06. The Hall–Kier alpha value is -3.21. The fraction of sp³-hybridized carbons (Fsp3) is 0.667. The molecule has 0 saturated carbocycles. The number of anilines is 1. The van der Waals surface area contributed by atoms with Crippen molar-refractivity contribution in [1.82, 2.24) is 34.2 Å². The van der Waals surface area contributed by atoms with Gasteiger partial charge >= 0.3 is 6.09 Å². The molecule has 208 valence electrons. The number of hydrogen-bond acceptors (Lipinski definition) is 8. The quantitative estimate of drug-likeness (QED) is 0.522. The molecule has 11 heteroatoms. The van der Waals surface area contributed by atoms with Crippen LogP contribution in [0.3, 0.4) is 0 Å². The second-order valence-corrected chi connectivity index (χ2v) is 11.2. The molecule has 4 heterocycles. The molecule has 38 heavy (non-hydrogen) atoms. The molecule has 0 bridgehead atoms. The van der Waals surface area contributed by atoms with Crippen molar-refractivity contribution in [2.45, 2.75) is 71.1 Å². The number of carbonyl (C=O) groups is 2. The van der Waals surface area contributed by atoms with E-state index in [2.05, 4.69) is 42.6 Å². The Morgan fingerprint density at radius 2 is 1.82 bits per heavy atom. The number of rotatable bonds is 8. The summed E-state index contributed by atoms with van der Waals surface area (Å²) in [5.74, 6) is 1.72. The number of carbonyl (C=O) groups excluding carboxylic acids is 2. The van der Waals surface area contributed by atoms with Gasteiger partial charge in [-0.3, -0.25) is 4.79 Å². The van der Waals surface area contributed by atoms with E-state index in [0.717, 1.165) is 35.6 Å². The summed E-state index contributed by atoms with van der Waals surface area (Å²) in [5.41, 5.74) is 1.63. The minimum Gasteiger partial charge on any atom is -0.444 e. The van der Waals surface area contributed by atoms with Gasteiger partial charge in [0.05, 0.1) is 12.9 Å². The largest absolute Gasteiger partial charge is 0.444 e. The Labute approximate surface area is 225 Å². The predicted molar refractivity (Wildman–Crippen MR) is 147 cm³/mol. The molecule has 0 aliphatic carbocycles. The van der Waals surface area contributed by atoms with Crippen LogP contribution >= 0.6 is 0 Å². The van der Waals surface area contributed by atoms with E-state index in [1.807, 2.05) is 31.4 Å². The van der Waals surface area contributed by atoms with E-state index < -0.39 is 0 Å². The van der Waals surface area contributed by atoms with Gasteiger partial charge in [-0.15, -0.1) is 0 Å². The lowest BCUT2D eigenvalue weighted by Gasteiger charge is -2.32. The lowest BCUT2D eigenvalue weighted by atomic mass is 10.1. The van der Waals surface area contributed by atoms with Crippen LogP contribution in [-0.4, -0.2) is 105 Å². The van der Waals surface area contributed by atoms with Gasteiger partial charge in [-0.2, -0.15) is 0 Å². The van der Waals surface area contributed by atoms with Gasteiger partial charge in [-0.25, -0.2) is 19.7 Å². The van der Waals surface area contributed by atoms with Gasteiger partial charge in [0.2, 0.25) is 5.91 Å². The number of aromatic nitrogens is 4. The summed E-state index contributed by atoms with van der Waals surface area (Å²) in [7, 11) is 3.91. The zero-order valence-electron chi connectivity index (χ0n) is 23.6. The average molecular weight is 527 g/mol. The number of nitrogens with zero attached hydrogens (tertiary/aromatic N) is 7. The van der Waals surface area contributed by atoms with Gasteiger partial charge in [0.1, 0.15) is 17.4 Å². The monoisotopic (exact) mass is 526 g/mol. The molecule has 0 radical (unpaired) electrons. The van der Waals surface area contributed by atoms with E-state index in [-0.39, 0.29) is 36.1 Å². The first-order valence-electron chi connectivity index (χ1n) is 13.7. The molecular formula is C27H42N8O3. The van der Waals surface area contributed by atoms with Gasteiger partial charge in [0.15, 0.2) is 11.5 Å². The maximum absolute atomic E-state index is 12.8. The first-order chi connectivity index (χ1) is 18.1. The van der Waals surface area contributed by atoms with Crippen LogP contribution in [0, 0.1) is 0 Å². The van der Waals surface area contributed by atoms with Gasteiger partial charge in [-0.1, -0.05) is 19.9 Å². The highest BCUT2D eigenvalue weighted by molar-refractivity contribution is 5.88. The second-order valence-electron chi connectivity index (χ2n) is 11.2. The molecule has 0 unspecified atom stereocenters.